The molecule has 0 heterocycles. The minimum absolute atomic E-state index is 0.182. The van der Waals surface area contributed by atoms with Crippen molar-refractivity contribution in [3.8, 4) is 0 Å². The number of thioether (sulfide) groups is 1. The van der Waals surface area contributed by atoms with Crippen molar-refractivity contribution < 1.29 is 9.59 Å². The average molecular weight is 223 g/mol. The van der Waals surface area contributed by atoms with Crippen LogP contribution in [0.4, 0.5) is 0 Å². The van der Waals surface area contributed by atoms with Crippen LogP contribution in [-0.4, -0.2) is 36.4 Å². The predicted octanol–water partition coefficient (Wildman–Crippen LogP) is 1.43. The van der Waals surface area contributed by atoms with E-state index in [0.29, 0.717) is 6.29 Å². The highest BCUT2D eigenvalue weighted by Crippen LogP contribution is 2.22. The fraction of sp³-hybridized carbons (Fsp3) is 0.273. The average Bonchev–Trinajstić information content (AvgIpc) is 2.26. The zero-order chi connectivity index (χ0) is 11.3. The normalized spacial score (nSPS) is 11.9. The molecular weight excluding hydrogens is 210 g/mol. The van der Waals surface area contributed by atoms with Crippen molar-refractivity contribution in [1.29, 1.82) is 0 Å². The number of carbonyl (C=O) groups excluding carboxylic acids is 2. The van der Waals surface area contributed by atoms with Gasteiger partial charge in [-0.2, -0.15) is 0 Å². The van der Waals surface area contributed by atoms with Crippen molar-refractivity contribution >= 4 is 24.0 Å². The summed E-state index contributed by atoms with van der Waals surface area (Å²) in [6.45, 7) is 0. The molecule has 3 nitrogen and oxygen atoms in total. The molecule has 1 amide bonds. The molecule has 0 aromatic heterocycles. The van der Waals surface area contributed by atoms with Crippen LogP contribution in [0.2, 0.25) is 0 Å². The molecular formula is C11H13NO2S. The standard InChI is InChI=1S/C11H13NO2S/c1-12(2)11(14)10(8-13)15-9-6-4-3-5-7-9/h3-8,10H,1-2H3/t10-/m0/s1. The first-order valence-corrected chi connectivity index (χ1v) is 5.41. The van der Waals surface area contributed by atoms with Gasteiger partial charge in [0.05, 0.1) is 0 Å². The third-order valence-electron chi connectivity index (χ3n) is 1.81. The second kappa shape index (κ2) is 5.56. The summed E-state index contributed by atoms with van der Waals surface area (Å²) in [4.78, 5) is 24.7. The fourth-order valence-corrected chi connectivity index (χ4v) is 2.01. The molecule has 0 fully saturated rings. The van der Waals surface area contributed by atoms with Crippen molar-refractivity contribution in [2.24, 2.45) is 0 Å². The molecule has 0 saturated carbocycles. The number of carbonyl (C=O) groups is 2. The van der Waals surface area contributed by atoms with Gasteiger partial charge in [-0.15, -0.1) is 11.8 Å². The lowest BCUT2D eigenvalue weighted by molar-refractivity contribution is -0.129. The van der Waals surface area contributed by atoms with E-state index >= 15 is 0 Å². The molecule has 0 aliphatic rings. The summed E-state index contributed by atoms with van der Waals surface area (Å²) in [5.41, 5.74) is 0. The van der Waals surface area contributed by atoms with E-state index in [1.54, 1.807) is 14.1 Å². The Bertz CT molecular complexity index is 338. The first kappa shape index (κ1) is 11.8. The quantitative estimate of drug-likeness (QED) is 0.440. The number of aldehydes is 1. The highest BCUT2D eigenvalue weighted by Gasteiger charge is 2.20. The summed E-state index contributed by atoms with van der Waals surface area (Å²) >= 11 is 1.27. The largest absolute Gasteiger partial charge is 0.347 e. The number of nitrogens with zero attached hydrogens (tertiary/aromatic N) is 1. The molecule has 1 aromatic carbocycles. The van der Waals surface area contributed by atoms with Gasteiger partial charge < -0.3 is 9.69 Å². The molecule has 0 aliphatic carbocycles. The number of benzene rings is 1. The fourth-order valence-electron chi connectivity index (χ4n) is 1.04. The van der Waals surface area contributed by atoms with Gasteiger partial charge >= 0.3 is 0 Å². The molecule has 0 N–H and O–H groups in total. The lowest BCUT2D eigenvalue weighted by Gasteiger charge is -2.15. The van der Waals surface area contributed by atoms with E-state index in [9.17, 15) is 9.59 Å². The lowest BCUT2D eigenvalue weighted by Crippen LogP contribution is -2.32. The molecule has 0 aliphatic heterocycles. The zero-order valence-electron chi connectivity index (χ0n) is 8.71. The Balaban J connectivity index is 2.70. The monoisotopic (exact) mass is 223 g/mol. The van der Waals surface area contributed by atoms with Gasteiger partial charge in [0.2, 0.25) is 5.91 Å². The molecule has 1 atom stereocenters. The van der Waals surface area contributed by atoms with Gasteiger partial charge in [-0.05, 0) is 12.1 Å². The molecule has 1 rings (SSSR count). The Labute approximate surface area is 93.5 Å². The molecule has 0 spiro atoms. The topological polar surface area (TPSA) is 37.4 Å². The lowest BCUT2D eigenvalue weighted by atomic mass is 10.4. The maximum absolute atomic E-state index is 11.6. The van der Waals surface area contributed by atoms with Crippen LogP contribution < -0.4 is 0 Å². The molecule has 0 saturated heterocycles. The molecule has 0 radical (unpaired) electrons. The van der Waals surface area contributed by atoms with E-state index in [2.05, 4.69) is 0 Å². The van der Waals surface area contributed by atoms with E-state index in [-0.39, 0.29) is 5.91 Å². The van der Waals surface area contributed by atoms with E-state index < -0.39 is 5.25 Å². The van der Waals surface area contributed by atoms with Crippen LogP contribution in [-0.2, 0) is 9.59 Å². The van der Waals surface area contributed by atoms with Crippen LogP contribution in [0.3, 0.4) is 0 Å². The molecule has 4 heteroatoms. The van der Waals surface area contributed by atoms with E-state index in [1.807, 2.05) is 30.3 Å². The molecule has 0 bridgehead atoms. The van der Waals surface area contributed by atoms with Gasteiger partial charge in [-0.3, -0.25) is 4.79 Å². The molecule has 15 heavy (non-hydrogen) atoms. The first-order chi connectivity index (χ1) is 7.15. The second-order valence-electron chi connectivity index (χ2n) is 3.22. The summed E-state index contributed by atoms with van der Waals surface area (Å²) in [5.74, 6) is -0.182. The van der Waals surface area contributed by atoms with Gasteiger partial charge in [0.15, 0.2) is 0 Å². The van der Waals surface area contributed by atoms with Crippen molar-refractivity contribution in [2.75, 3.05) is 14.1 Å². The Kier molecular flexibility index (Phi) is 4.37. The van der Waals surface area contributed by atoms with E-state index in [1.165, 1.54) is 16.7 Å². The van der Waals surface area contributed by atoms with Crippen molar-refractivity contribution in [1.82, 2.24) is 4.90 Å². The smallest absolute Gasteiger partial charge is 0.242 e. The Hall–Kier alpha value is -1.29. The van der Waals surface area contributed by atoms with Gasteiger partial charge in [0.25, 0.3) is 0 Å². The van der Waals surface area contributed by atoms with Gasteiger partial charge in [-0.1, -0.05) is 18.2 Å². The van der Waals surface area contributed by atoms with Crippen LogP contribution in [0, 0.1) is 0 Å². The van der Waals surface area contributed by atoms with Crippen LogP contribution >= 0.6 is 11.8 Å². The summed E-state index contributed by atoms with van der Waals surface area (Å²) in [5, 5.41) is -0.651. The maximum Gasteiger partial charge on any atom is 0.242 e. The predicted molar refractivity (Wildman–Crippen MR) is 60.8 cm³/mol. The van der Waals surface area contributed by atoms with Crippen LogP contribution in [0.25, 0.3) is 0 Å². The van der Waals surface area contributed by atoms with Crippen molar-refractivity contribution in [3.63, 3.8) is 0 Å². The van der Waals surface area contributed by atoms with Crippen LogP contribution in [0.15, 0.2) is 35.2 Å². The second-order valence-corrected chi connectivity index (χ2v) is 4.44. The third kappa shape index (κ3) is 3.40. The summed E-state index contributed by atoms with van der Waals surface area (Å²) in [6.07, 6.45) is 0.681. The van der Waals surface area contributed by atoms with Crippen LogP contribution in [0.5, 0.6) is 0 Å². The van der Waals surface area contributed by atoms with Crippen molar-refractivity contribution in [2.45, 2.75) is 10.1 Å². The summed E-state index contributed by atoms with van der Waals surface area (Å²) < 4.78 is 0. The van der Waals surface area contributed by atoms with Gasteiger partial charge in [0, 0.05) is 19.0 Å². The summed E-state index contributed by atoms with van der Waals surface area (Å²) in [6, 6.07) is 9.41. The third-order valence-corrected chi connectivity index (χ3v) is 2.93. The number of amides is 1. The zero-order valence-corrected chi connectivity index (χ0v) is 9.53. The molecule has 80 valence electrons. The van der Waals surface area contributed by atoms with E-state index in [0.717, 1.165) is 4.90 Å². The molecule has 1 aromatic rings. The SMILES string of the molecule is CN(C)C(=O)[C@H](C=O)Sc1ccccc1. The van der Waals surface area contributed by atoms with Gasteiger partial charge in [0.1, 0.15) is 11.5 Å². The summed E-state index contributed by atoms with van der Waals surface area (Å²) in [7, 11) is 3.29. The number of rotatable bonds is 4. The van der Waals surface area contributed by atoms with Crippen LogP contribution in [0.1, 0.15) is 0 Å². The minimum atomic E-state index is -0.651. The number of hydrogen-bond acceptors (Lipinski definition) is 3. The minimum Gasteiger partial charge on any atom is -0.347 e. The highest BCUT2D eigenvalue weighted by molar-refractivity contribution is 8.01. The Morgan fingerprint density at radius 1 is 1.33 bits per heavy atom. The molecule has 0 unspecified atom stereocenters. The maximum atomic E-state index is 11.6. The van der Waals surface area contributed by atoms with Gasteiger partial charge in [-0.25, -0.2) is 0 Å². The van der Waals surface area contributed by atoms with E-state index in [4.69, 9.17) is 0 Å². The first-order valence-electron chi connectivity index (χ1n) is 4.53. The Morgan fingerprint density at radius 2 is 1.93 bits per heavy atom. The highest BCUT2D eigenvalue weighted by atomic mass is 32.2. The van der Waals surface area contributed by atoms with Crippen molar-refractivity contribution in [3.05, 3.63) is 30.3 Å². The Morgan fingerprint density at radius 3 is 2.40 bits per heavy atom. The number of hydrogen-bond donors (Lipinski definition) is 0.